The molecular weight excluding hydrogens is 287 g/mol. The van der Waals surface area contributed by atoms with Crippen LogP contribution >= 0.6 is 35.3 Å². The minimum absolute atomic E-state index is 0. The van der Waals surface area contributed by atoms with Crippen molar-refractivity contribution in [3.8, 4) is 0 Å². The second-order valence-electron chi connectivity index (χ2n) is 3.94. The van der Waals surface area contributed by atoms with E-state index in [0.29, 0.717) is 0 Å². The lowest BCUT2D eigenvalue weighted by molar-refractivity contribution is 0.890. The molecule has 1 aliphatic heterocycles. The zero-order valence-electron chi connectivity index (χ0n) is 9.68. The predicted octanol–water partition coefficient (Wildman–Crippen LogP) is 4.47. The highest BCUT2D eigenvalue weighted by Gasteiger charge is 2.18. The zero-order valence-corrected chi connectivity index (χ0v) is 12.1. The number of hydrogen-bond donors (Lipinski definition) is 1. The molecule has 2 nitrogen and oxygen atoms in total. The molecular formula is C13H12Cl2N2S. The maximum Gasteiger partial charge on any atom is 0.0981 e. The lowest BCUT2D eigenvalue weighted by Gasteiger charge is -2.12. The summed E-state index contributed by atoms with van der Waals surface area (Å²) in [6.07, 6.45) is 5.72. The highest BCUT2D eigenvalue weighted by atomic mass is 35.5. The van der Waals surface area contributed by atoms with Gasteiger partial charge in [0.2, 0.25) is 0 Å². The summed E-state index contributed by atoms with van der Waals surface area (Å²) < 4.78 is 1.16. The second kappa shape index (κ2) is 5.31. The first-order valence-corrected chi connectivity index (χ1v) is 6.58. The van der Waals surface area contributed by atoms with Gasteiger partial charge in [0.1, 0.15) is 0 Å². The summed E-state index contributed by atoms with van der Waals surface area (Å²) in [7, 11) is 0. The maximum absolute atomic E-state index is 6.22. The third-order valence-electron chi connectivity index (χ3n) is 2.87. The van der Waals surface area contributed by atoms with Crippen LogP contribution < -0.4 is 5.32 Å². The molecule has 0 amide bonds. The van der Waals surface area contributed by atoms with Crippen molar-refractivity contribution in [2.75, 3.05) is 0 Å². The van der Waals surface area contributed by atoms with E-state index in [1.165, 1.54) is 15.8 Å². The van der Waals surface area contributed by atoms with Crippen molar-refractivity contribution >= 4 is 51.8 Å². The van der Waals surface area contributed by atoms with Crippen molar-refractivity contribution in [1.82, 2.24) is 5.32 Å². The quantitative estimate of drug-likeness (QED) is 0.825. The smallest absolute Gasteiger partial charge is 0.0981 e. The first kappa shape index (κ1) is 13.4. The number of fused-ring (bicyclic) bond motifs is 1. The molecule has 1 aliphatic rings. The van der Waals surface area contributed by atoms with Crippen LogP contribution in [0.15, 0.2) is 35.5 Å². The van der Waals surface area contributed by atoms with Gasteiger partial charge in [-0.2, -0.15) is 0 Å². The maximum atomic E-state index is 6.22. The van der Waals surface area contributed by atoms with Gasteiger partial charge in [-0.3, -0.25) is 4.99 Å². The molecule has 0 saturated carbocycles. The molecule has 18 heavy (non-hydrogen) atoms. The molecule has 3 rings (SSSR count). The molecule has 1 atom stereocenters. The van der Waals surface area contributed by atoms with Gasteiger partial charge < -0.3 is 5.32 Å². The lowest BCUT2D eigenvalue weighted by atomic mass is 10.0. The third-order valence-corrected chi connectivity index (χ3v) is 4.47. The molecule has 1 N–H and O–H groups in total. The van der Waals surface area contributed by atoms with Crippen LogP contribution in [-0.4, -0.2) is 6.34 Å². The van der Waals surface area contributed by atoms with Crippen molar-refractivity contribution < 1.29 is 0 Å². The van der Waals surface area contributed by atoms with Crippen molar-refractivity contribution in [2.24, 2.45) is 4.99 Å². The number of aliphatic imine (C=N–C) groups is 1. The minimum Gasteiger partial charge on any atom is -0.353 e. The number of nitrogens with one attached hydrogen (secondary N) is 1. The van der Waals surface area contributed by atoms with Crippen LogP contribution in [0.3, 0.4) is 0 Å². The summed E-state index contributed by atoms with van der Waals surface area (Å²) in [6.45, 7) is 2.13. The number of aryl methyl sites for hydroxylation is 1. The van der Waals surface area contributed by atoms with E-state index in [1.54, 1.807) is 17.7 Å². The van der Waals surface area contributed by atoms with E-state index < -0.39 is 0 Å². The number of halogens is 2. The van der Waals surface area contributed by atoms with E-state index in [-0.39, 0.29) is 18.4 Å². The first-order valence-electron chi connectivity index (χ1n) is 5.39. The molecule has 0 spiro atoms. The molecule has 2 aromatic rings. The Hall–Kier alpha value is -1.03. The van der Waals surface area contributed by atoms with Crippen molar-refractivity contribution in [1.29, 1.82) is 0 Å². The summed E-state index contributed by atoms with van der Waals surface area (Å²) in [4.78, 5) is 5.73. The summed E-state index contributed by atoms with van der Waals surface area (Å²) in [5.41, 5.74) is 1.27. The Morgan fingerprint density at radius 3 is 2.94 bits per heavy atom. The Morgan fingerprint density at radius 2 is 2.22 bits per heavy atom. The molecule has 0 aliphatic carbocycles. The van der Waals surface area contributed by atoms with Crippen LogP contribution in [0.5, 0.6) is 0 Å². The number of rotatable bonds is 1. The Labute approximate surface area is 121 Å². The molecule has 1 unspecified atom stereocenters. The lowest BCUT2D eigenvalue weighted by Crippen LogP contribution is -2.08. The van der Waals surface area contributed by atoms with Gasteiger partial charge in [0.05, 0.1) is 22.1 Å². The van der Waals surface area contributed by atoms with Gasteiger partial charge in [0.25, 0.3) is 0 Å². The Morgan fingerprint density at radius 1 is 1.39 bits per heavy atom. The Kier molecular flexibility index (Phi) is 3.95. The van der Waals surface area contributed by atoms with Gasteiger partial charge in [-0.15, -0.1) is 23.7 Å². The van der Waals surface area contributed by atoms with E-state index in [0.717, 1.165) is 9.72 Å². The normalized spacial score (nSPS) is 17.6. The van der Waals surface area contributed by atoms with Gasteiger partial charge in [0, 0.05) is 16.6 Å². The Bertz CT molecular complexity index is 619. The van der Waals surface area contributed by atoms with Crippen LogP contribution in [0, 0.1) is 6.92 Å². The molecule has 0 radical (unpaired) electrons. The van der Waals surface area contributed by atoms with Crippen LogP contribution in [0.2, 0.25) is 5.02 Å². The van der Waals surface area contributed by atoms with E-state index in [1.807, 2.05) is 18.3 Å². The first-order chi connectivity index (χ1) is 8.27. The van der Waals surface area contributed by atoms with Gasteiger partial charge >= 0.3 is 0 Å². The van der Waals surface area contributed by atoms with Gasteiger partial charge in [-0.1, -0.05) is 23.7 Å². The number of thiophene rings is 1. The predicted molar refractivity (Wildman–Crippen MR) is 82.3 cm³/mol. The molecule has 1 aromatic carbocycles. The van der Waals surface area contributed by atoms with Crippen LogP contribution in [0.1, 0.15) is 16.5 Å². The van der Waals surface area contributed by atoms with E-state index in [9.17, 15) is 0 Å². The topological polar surface area (TPSA) is 24.4 Å². The zero-order chi connectivity index (χ0) is 11.8. The van der Waals surface area contributed by atoms with E-state index in [4.69, 9.17) is 11.6 Å². The average molecular weight is 299 g/mol. The standard InChI is InChI=1S/C13H11ClN2S.ClH/c1-8-12(11-5-6-15-7-16-11)9-3-2-4-10(14)13(9)17-8;/h2-7,11H,1H3,(H,15,16);1H. The molecule has 2 heterocycles. The van der Waals surface area contributed by atoms with Gasteiger partial charge in [-0.05, 0) is 24.5 Å². The van der Waals surface area contributed by atoms with Crippen molar-refractivity contribution in [3.05, 3.63) is 45.9 Å². The van der Waals surface area contributed by atoms with E-state index >= 15 is 0 Å². The third kappa shape index (κ3) is 2.14. The SMILES string of the molecule is Cc1sc2c(Cl)cccc2c1C1C=CNC=N1.Cl. The highest BCUT2D eigenvalue weighted by Crippen LogP contribution is 2.40. The number of nitrogens with zero attached hydrogens (tertiary/aromatic N) is 1. The molecule has 0 saturated heterocycles. The molecule has 94 valence electrons. The number of hydrogen-bond acceptors (Lipinski definition) is 3. The summed E-state index contributed by atoms with van der Waals surface area (Å²) in [5, 5.41) is 5.00. The number of benzene rings is 1. The fourth-order valence-electron chi connectivity index (χ4n) is 2.12. The second-order valence-corrected chi connectivity index (χ2v) is 5.57. The van der Waals surface area contributed by atoms with Gasteiger partial charge in [-0.25, -0.2) is 0 Å². The monoisotopic (exact) mass is 298 g/mol. The summed E-state index contributed by atoms with van der Waals surface area (Å²) in [5.74, 6) is 0. The molecule has 0 fully saturated rings. The van der Waals surface area contributed by atoms with Crippen LogP contribution in [0.4, 0.5) is 0 Å². The average Bonchev–Trinajstić information content (AvgIpc) is 2.68. The highest BCUT2D eigenvalue weighted by molar-refractivity contribution is 7.19. The Balaban J connectivity index is 0.00000120. The van der Waals surface area contributed by atoms with Crippen molar-refractivity contribution in [2.45, 2.75) is 13.0 Å². The summed E-state index contributed by atoms with van der Waals surface area (Å²) in [6, 6.07) is 6.15. The fraction of sp³-hybridized carbons (Fsp3) is 0.154. The molecule has 5 heteroatoms. The van der Waals surface area contributed by atoms with E-state index in [2.05, 4.69) is 29.4 Å². The molecule has 1 aromatic heterocycles. The summed E-state index contributed by atoms with van der Waals surface area (Å²) >= 11 is 7.96. The largest absolute Gasteiger partial charge is 0.353 e. The molecule has 0 bridgehead atoms. The van der Waals surface area contributed by atoms with Crippen LogP contribution in [-0.2, 0) is 0 Å². The van der Waals surface area contributed by atoms with Gasteiger partial charge in [0.15, 0.2) is 0 Å². The minimum atomic E-state index is 0. The fourth-order valence-corrected chi connectivity index (χ4v) is 3.51. The van der Waals surface area contributed by atoms with Crippen LogP contribution in [0.25, 0.3) is 10.1 Å². The van der Waals surface area contributed by atoms with Crippen molar-refractivity contribution in [3.63, 3.8) is 0 Å².